The van der Waals surface area contributed by atoms with E-state index < -0.39 is 0 Å². The molecule has 1 fully saturated rings. The fourth-order valence-corrected chi connectivity index (χ4v) is 3.33. The number of hydrogen-bond donors (Lipinski definition) is 0. The number of methoxy groups -OCH3 is 1. The first-order valence-electron chi connectivity index (χ1n) is 8.31. The lowest BCUT2D eigenvalue weighted by Crippen LogP contribution is -2.38. The van der Waals surface area contributed by atoms with Crippen LogP contribution in [0.15, 0.2) is 48.5 Å². The lowest BCUT2D eigenvalue weighted by molar-refractivity contribution is 0.0808. The van der Waals surface area contributed by atoms with Crippen LogP contribution in [0.2, 0.25) is 0 Å². The van der Waals surface area contributed by atoms with Crippen molar-refractivity contribution in [2.24, 2.45) is 5.92 Å². The van der Waals surface area contributed by atoms with Crippen molar-refractivity contribution in [2.75, 3.05) is 20.2 Å². The molecule has 0 bridgehead atoms. The molecule has 0 aromatic heterocycles. The summed E-state index contributed by atoms with van der Waals surface area (Å²) < 4.78 is 18.3. The Morgan fingerprint density at radius 1 is 1.21 bits per heavy atom. The molecule has 2 aromatic rings. The van der Waals surface area contributed by atoms with E-state index in [9.17, 15) is 9.18 Å². The first kappa shape index (κ1) is 16.7. The summed E-state index contributed by atoms with van der Waals surface area (Å²) in [7, 11) is 1.59. The number of ketones is 1. The van der Waals surface area contributed by atoms with Crippen LogP contribution < -0.4 is 4.74 Å². The molecule has 1 atom stereocenters. The zero-order valence-electron chi connectivity index (χ0n) is 13.9. The molecular formula is C20H22FNO2. The molecule has 3 rings (SSSR count). The van der Waals surface area contributed by atoms with E-state index in [4.69, 9.17) is 4.74 Å². The summed E-state index contributed by atoms with van der Waals surface area (Å²) in [5, 5.41) is 0. The van der Waals surface area contributed by atoms with Crippen LogP contribution in [0.4, 0.5) is 4.39 Å². The van der Waals surface area contributed by atoms with E-state index in [1.165, 1.54) is 12.1 Å². The number of carbonyl (C=O) groups is 1. The number of hydrogen-bond acceptors (Lipinski definition) is 3. The molecule has 3 nitrogen and oxygen atoms in total. The highest BCUT2D eigenvalue weighted by Crippen LogP contribution is 2.26. The minimum atomic E-state index is -0.221. The fourth-order valence-electron chi connectivity index (χ4n) is 3.33. The molecule has 1 aliphatic rings. The Morgan fingerprint density at radius 2 is 1.96 bits per heavy atom. The van der Waals surface area contributed by atoms with E-state index >= 15 is 0 Å². The Bertz CT molecular complexity index is 699. The quantitative estimate of drug-likeness (QED) is 0.779. The van der Waals surface area contributed by atoms with Crippen LogP contribution >= 0.6 is 0 Å². The molecular weight excluding hydrogens is 305 g/mol. The van der Waals surface area contributed by atoms with Gasteiger partial charge in [0.2, 0.25) is 0 Å². The Labute approximate surface area is 142 Å². The van der Waals surface area contributed by atoms with Gasteiger partial charge in [0.1, 0.15) is 11.6 Å². The Kier molecular flexibility index (Phi) is 5.26. The molecule has 0 radical (unpaired) electrons. The average Bonchev–Trinajstić information content (AvgIpc) is 2.63. The van der Waals surface area contributed by atoms with Crippen molar-refractivity contribution in [1.29, 1.82) is 0 Å². The highest BCUT2D eigenvalue weighted by atomic mass is 19.1. The van der Waals surface area contributed by atoms with Crippen LogP contribution in [0.5, 0.6) is 5.75 Å². The molecule has 1 aliphatic heterocycles. The van der Waals surface area contributed by atoms with Crippen molar-refractivity contribution < 1.29 is 13.9 Å². The first-order valence-corrected chi connectivity index (χ1v) is 8.31. The number of benzene rings is 2. The van der Waals surface area contributed by atoms with E-state index in [1.807, 2.05) is 24.3 Å². The van der Waals surface area contributed by atoms with Crippen molar-refractivity contribution in [3.05, 3.63) is 65.5 Å². The molecule has 1 unspecified atom stereocenters. The van der Waals surface area contributed by atoms with Gasteiger partial charge in [0.05, 0.1) is 12.7 Å². The lowest BCUT2D eigenvalue weighted by atomic mass is 9.89. The number of carbonyl (C=O) groups excluding carboxylic acids is 1. The highest BCUT2D eigenvalue weighted by molar-refractivity contribution is 6.00. The molecule has 0 spiro atoms. The number of piperidine rings is 1. The Morgan fingerprint density at radius 3 is 2.71 bits per heavy atom. The molecule has 0 N–H and O–H groups in total. The van der Waals surface area contributed by atoms with Crippen LogP contribution in [0.3, 0.4) is 0 Å². The van der Waals surface area contributed by atoms with Gasteiger partial charge in [0.25, 0.3) is 0 Å². The van der Waals surface area contributed by atoms with Gasteiger partial charge in [-0.3, -0.25) is 9.69 Å². The number of Topliss-reactive ketones (excluding diaryl/α,β-unsaturated/α-hetero) is 1. The summed E-state index contributed by atoms with van der Waals surface area (Å²) in [6, 6.07) is 14.0. The van der Waals surface area contributed by atoms with Crippen molar-refractivity contribution in [2.45, 2.75) is 19.4 Å². The third kappa shape index (κ3) is 3.82. The van der Waals surface area contributed by atoms with Crippen molar-refractivity contribution in [3.63, 3.8) is 0 Å². The van der Waals surface area contributed by atoms with Gasteiger partial charge < -0.3 is 4.74 Å². The van der Waals surface area contributed by atoms with Crippen LogP contribution in [0.25, 0.3) is 0 Å². The zero-order valence-corrected chi connectivity index (χ0v) is 13.9. The van der Waals surface area contributed by atoms with Crippen molar-refractivity contribution >= 4 is 5.78 Å². The number of likely N-dealkylation sites (tertiary alicyclic amines) is 1. The number of rotatable bonds is 5. The second-order valence-electron chi connectivity index (χ2n) is 6.27. The predicted molar refractivity (Wildman–Crippen MR) is 91.7 cm³/mol. The maximum absolute atomic E-state index is 13.0. The monoisotopic (exact) mass is 327 g/mol. The van der Waals surface area contributed by atoms with Gasteiger partial charge in [-0.1, -0.05) is 24.3 Å². The maximum Gasteiger partial charge on any atom is 0.170 e. The number of ether oxygens (including phenoxy) is 1. The van der Waals surface area contributed by atoms with E-state index in [1.54, 1.807) is 19.2 Å². The van der Waals surface area contributed by atoms with Crippen LogP contribution in [-0.4, -0.2) is 30.9 Å². The Hall–Kier alpha value is -2.20. The molecule has 4 heteroatoms. The topological polar surface area (TPSA) is 29.5 Å². The lowest BCUT2D eigenvalue weighted by Gasteiger charge is -2.32. The van der Waals surface area contributed by atoms with Gasteiger partial charge in [0, 0.05) is 19.0 Å². The molecule has 0 amide bonds. The smallest absolute Gasteiger partial charge is 0.170 e. The molecule has 1 heterocycles. The molecule has 0 saturated carbocycles. The van der Waals surface area contributed by atoms with Crippen LogP contribution in [0.1, 0.15) is 28.8 Å². The number of halogens is 1. The van der Waals surface area contributed by atoms with Crippen LogP contribution in [0, 0.1) is 11.7 Å². The second-order valence-corrected chi connectivity index (χ2v) is 6.27. The summed E-state index contributed by atoms with van der Waals surface area (Å²) >= 11 is 0. The largest absolute Gasteiger partial charge is 0.496 e. The predicted octanol–water partition coefficient (Wildman–Crippen LogP) is 3.93. The minimum Gasteiger partial charge on any atom is -0.496 e. The minimum absolute atomic E-state index is 0.0181. The SMILES string of the molecule is COc1ccccc1C(=O)C1CCCN(Cc2ccc(F)cc2)C1. The Balaban J connectivity index is 1.68. The van der Waals surface area contributed by atoms with Gasteiger partial charge in [0.15, 0.2) is 5.78 Å². The van der Waals surface area contributed by atoms with Crippen LogP contribution in [-0.2, 0) is 6.54 Å². The standard InChI is InChI=1S/C20H22FNO2/c1-24-19-7-3-2-6-18(19)20(23)16-5-4-12-22(14-16)13-15-8-10-17(21)11-9-15/h2-3,6-11,16H,4-5,12-14H2,1H3. The summed E-state index contributed by atoms with van der Waals surface area (Å²) in [6.45, 7) is 2.44. The molecule has 2 aromatic carbocycles. The van der Waals surface area contributed by atoms with Gasteiger partial charge in [-0.2, -0.15) is 0 Å². The molecule has 0 aliphatic carbocycles. The van der Waals surface area contributed by atoms with E-state index in [0.29, 0.717) is 11.3 Å². The van der Waals surface area contributed by atoms with Gasteiger partial charge in [-0.15, -0.1) is 0 Å². The number of nitrogens with zero attached hydrogens (tertiary/aromatic N) is 1. The first-order chi connectivity index (χ1) is 11.7. The fraction of sp³-hybridized carbons (Fsp3) is 0.350. The molecule has 1 saturated heterocycles. The molecule has 24 heavy (non-hydrogen) atoms. The summed E-state index contributed by atoms with van der Waals surface area (Å²) in [6.07, 6.45) is 1.89. The average molecular weight is 327 g/mol. The number of para-hydroxylation sites is 1. The maximum atomic E-state index is 13.0. The third-order valence-electron chi connectivity index (χ3n) is 4.57. The van der Waals surface area contributed by atoms with Gasteiger partial charge in [-0.25, -0.2) is 4.39 Å². The zero-order chi connectivity index (χ0) is 16.9. The van der Waals surface area contributed by atoms with Crippen molar-refractivity contribution in [3.8, 4) is 5.75 Å². The summed E-state index contributed by atoms with van der Waals surface area (Å²) in [5.74, 6) is 0.548. The summed E-state index contributed by atoms with van der Waals surface area (Å²) in [5.41, 5.74) is 1.73. The van der Waals surface area contributed by atoms with Crippen molar-refractivity contribution in [1.82, 2.24) is 4.90 Å². The van der Waals surface area contributed by atoms with E-state index in [-0.39, 0.29) is 17.5 Å². The highest BCUT2D eigenvalue weighted by Gasteiger charge is 2.28. The van der Waals surface area contributed by atoms with E-state index in [2.05, 4.69) is 4.90 Å². The summed E-state index contributed by atoms with van der Waals surface area (Å²) in [4.78, 5) is 15.1. The molecule has 126 valence electrons. The third-order valence-corrected chi connectivity index (χ3v) is 4.57. The normalized spacial score (nSPS) is 18.3. The van der Waals surface area contributed by atoms with Gasteiger partial charge in [-0.05, 0) is 49.2 Å². The van der Waals surface area contributed by atoms with Gasteiger partial charge >= 0.3 is 0 Å². The van der Waals surface area contributed by atoms with E-state index in [0.717, 1.165) is 38.0 Å². The second kappa shape index (κ2) is 7.58.